The van der Waals surface area contributed by atoms with Crippen molar-refractivity contribution in [3.63, 3.8) is 0 Å². The van der Waals surface area contributed by atoms with E-state index in [9.17, 15) is 4.79 Å². The van der Waals surface area contributed by atoms with Crippen molar-refractivity contribution in [3.05, 3.63) is 0 Å². The first-order chi connectivity index (χ1) is 6.52. The molecule has 0 spiro atoms. The molecule has 1 saturated carbocycles. The molecule has 1 rings (SSSR count). The number of hydrogen-bond acceptors (Lipinski definition) is 3. The average molecular weight is 200 g/mol. The summed E-state index contributed by atoms with van der Waals surface area (Å²) in [5, 5.41) is 8.90. The highest BCUT2D eigenvalue weighted by Crippen LogP contribution is 2.45. The van der Waals surface area contributed by atoms with Gasteiger partial charge >= 0.3 is 5.97 Å². The van der Waals surface area contributed by atoms with E-state index in [1.165, 1.54) is 0 Å². The fourth-order valence-electron chi connectivity index (χ4n) is 1.96. The molecule has 3 heteroatoms. The summed E-state index contributed by atoms with van der Waals surface area (Å²) in [5.41, 5.74) is -0.387. The van der Waals surface area contributed by atoms with Crippen LogP contribution in [0.25, 0.3) is 0 Å². The Hall–Kier alpha value is -0.570. The molecule has 0 amide bonds. The molecule has 0 bridgehead atoms. The van der Waals surface area contributed by atoms with Crippen LogP contribution < -0.4 is 0 Å². The van der Waals surface area contributed by atoms with Gasteiger partial charge < -0.3 is 9.84 Å². The molecule has 1 aliphatic rings. The van der Waals surface area contributed by atoms with Gasteiger partial charge in [0, 0.05) is 6.61 Å². The number of aliphatic hydroxyl groups excluding tert-OH is 1. The summed E-state index contributed by atoms with van der Waals surface area (Å²) in [7, 11) is 0. The lowest BCUT2D eigenvalue weighted by Gasteiger charge is -2.43. The van der Waals surface area contributed by atoms with Crippen LogP contribution in [0.5, 0.6) is 0 Å². The van der Waals surface area contributed by atoms with Crippen LogP contribution in [0.4, 0.5) is 0 Å². The number of aliphatic hydroxyl groups is 1. The first-order valence-electron chi connectivity index (χ1n) is 5.30. The first-order valence-corrected chi connectivity index (χ1v) is 5.30. The van der Waals surface area contributed by atoms with Gasteiger partial charge in [-0.05, 0) is 45.4 Å². The second kappa shape index (κ2) is 4.30. The van der Waals surface area contributed by atoms with Gasteiger partial charge in [0.15, 0.2) is 0 Å². The quantitative estimate of drug-likeness (QED) is 0.701. The van der Waals surface area contributed by atoms with Crippen LogP contribution >= 0.6 is 0 Å². The molecule has 0 radical (unpaired) electrons. The van der Waals surface area contributed by atoms with Gasteiger partial charge in [0.05, 0.1) is 12.0 Å². The molecule has 0 aromatic heterocycles. The molecule has 0 saturated heterocycles. The van der Waals surface area contributed by atoms with Gasteiger partial charge in [0.25, 0.3) is 0 Å². The van der Waals surface area contributed by atoms with Crippen LogP contribution in [-0.4, -0.2) is 24.3 Å². The maximum Gasteiger partial charge on any atom is 0.311 e. The highest BCUT2D eigenvalue weighted by molar-refractivity contribution is 5.76. The monoisotopic (exact) mass is 200 g/mol. The Kier molecular flexibility index (Phi) is 3.53. The van der Waals surface area contributed by atoms with E-state index in [1.807, 2.05) is 20.8 Å². The molecule has 3 nitrogen and oxygen atoms in total. The third-order valence-corrected chi connectivity index (χ3v) is 3.32. The number of carbonyl (C=O) groups excluding carboxylic acids is 1. The summed E-state index contributed by atoms with van der Waals surface area (Å²) < 4.78 is 5.03. The predicted molar refractivity (Wildman–Crippen MR) is 53.7 cm³/mol. The second-order valence-corrected chi connectivity index (χ2v) is 4.66. The molecule has 1 fully saturated rings. The summed E-state index contributed by atoms with van der Waals surface area (Å²) in [6.07, 6.45) is 1.89. The normalized spacial score (nSPS) is 26.9. The van der Waals surface area contributed by atoms with Gasteiger partial charge in [0.1, 0.15) is 0 Å². The number of carbonyl (C=O) groups is 1. The van der Waals surface area contributed by atoms with E-state index in [2.05, 4.69) is 0 Å². The highest BCUT2D eigenvalue weighted by Gasteiger charge is 2.44. The predicted octanol–water partition coefficient (Wildman–Crippen LogP) is 1.59. The summed E-state index contributed by atoms with van der Waals surface area (Å²) in [5.74, 6) is 0.661. The lowest BCUT2D eigenvalue weighted by atomic mass is 9.62. The van der Waals surface area contributed by atoms with E-state index in [1.54, 1.807) is 0 Å². The van der Waals surface area contributed by atoms with Crippen LogP contribution in [0.3, 0.4) is 0 Å². The van der Waals surface area contributed by atoms with E-state index >= 15 is 0 Å². The molecule has 0 unspecified atom stereocenters. The van der Waals surface area contributed by atoms with Gasteiger partial charge in [0.2, 0.25) is 0 Å². The molecule has 0 heterocycles. The lowest BCUT2D eigenvalue weighted by molar-refractivity contribution is -0.160. The molecule has 0 aliphatic heterocycles. The zero-order valence-corrected chi connectivity index (χ0v) is 9.25. The fraction of sp³-hybridized carbons (Fsp3) is 0.909. The molecular weight excluding hydrogens is 180 g/mol. The van der Waals surface area contributed by atoms with E-state index in [0.29, 0.717) is 18.4 Å². The summed E-state index contributed by atoms with van der Waals surface area (Å²) in [4.78, 5) is 11.6. The first kappa shape index (κ1) is 11.5. The molecule has 0 aromatic rings. The molecular formula is C11H20O3. The minimum Gasteiger partial charge on any atom is -0.466 e. The van der Waals surface area contributed by atoms with E-state index < -0.39 is 0 Å². The average Bonchev–Trinajstić information content (AvgIpc) is 2.02. The van der Waals surface area contributed by atoms with Crippen LogP contribution in [0, 0.1) is 17.3 Å². The van der Waals surface area contributed by atoms with Crippen LogP contribution in [0.1, 0.15) is 33.6 Å². The molecule has 0 atom stereocenters. The van der Waals surface area contributed by atoms with Crippen molar-refractivity contribution in [2.45, 2.75) is 33.6 Å². The smallest absolute Gasteiger partial charge is 0.311 e. The number of rotatable bonds is 4. The zero-order valence-electron chi connectivity index (χ0n) is 9.25. The standard InChI is InChI=1S/C11H20O3/c1-4-14-10(13)11(2,3)9-5-8(6-9)7-12/h8-9,12H,4-7H2,1-3H3. The van der Waals surface area contributed by atoms with E-state index in [0.717, 1.165) is 12.8 Å². The molecule has 14 heavy (non-hydrogen) atoms. The van der Waals surface area contributed by atoms with Gasteiger partial charge in [-0.1, -0.05) is 0 Å². The molecule has 0 aromatic carbocycles. The van der Waals surface area contributed by atoms with Crippen molar-refractivity contribution in [2.75, 3.05) is 13.2 Å². The zero-order chi connectivity index (χ0) is 10.8. The SMILES string of the molecule is CCOC(=O)C(C)(C)C1CC(CO)C1. The second-order valence-electron chi connectivity index (χ2n) is 4.66. The summed E-state index contributed by atoms with van der Waals surface area (Å²) in [6.45, 7) is 6.38. The maximum absolute atomic E-state index is 11.6. The van der Waals surface area contributed by atoms with E-state index in [-0.39, 0.29) is 18.0 Å². The molecule has 1 aliphatic carbocycles. The number of esters is 1. The minimum atomic E-state index is -0.387. The van der Waals surface area contributed by atoms with Gasteiger partial charge in [-0.15, -0.1) is 0 Å². The Bertz CT molecular complexity index is 205. The topological polar surface area (TPSA) is 46.5 Å². The van der Waals surface area contributed by atoms with Gasteiger partial charge in [-0.2, -0.15) is 0 Å². The minimum absolute atomic E-state index is 0.110. The number of ether oxygens (including phenoxy) is 1. The third kappa shape index (κ3) is 2.08. The van der Waals surface area contributed by atoms with Crippen LogP contribution in [-0.2, 0) is 9.53 Å². The Morgan fingerprint density at radius 2 is 2.07 bits per heavy atom. The molecule has 82 valence electrons. The largest absolute Gasteiger partial charge is 0.466 e. The van der Waals surface area contributed by atoms with Crippen molar-refractivity contribution < 1.29 is 14.6 Å². The Morgan fingerprint density at radius 3 is 2.50 bits per heavy atom. The van der Waals surface area contributed by atoms with E-state index in [4.69, 9.17) is 9.84 Å². The van der Waals surface area contributed by atoms with Gasteiger partial charge in [-0.3, -0.25) is 4.79 Å². The van der Waals surface area contributed by atoms with Crippen molar-refractivity contribution in [3.8, 4) is 0 Å². The van der Waals surface area contributed by atoms with Crippen molar-refractivity contribution in [2.24, 2.45) is 17.3 Å². The third-order valence-electron chi connectivity index (χ3n) is 3.32. The fourth-order valence-corrected chi connectivity index (χ4v) is 1.96. The summed E-state index contributed by atoms with van der Waals surface area (Å²) >= 11 is 0. The van der Waals surface area contributed by atoms with Crippen LogP contribution in [0.15, 0.2) is 0 Å². The number of hydrogen-bond donors (Lipinski definition) is 1. The van der Waals surface area contributed by atoms with Crippen LogP contribution in [0.2, 0.25) is 0 Å². The van der Waals surface area contributed by atoms with Crippen molar-refractivity contribution in [1.29, 1.82) is 0 Å². The van der Waals surface area contributed by atoms with Crippen molar-refractivity contribution >= 4 is 5.97 Å². The van der Waals surface area contributed by atoms with Crippen molar-refractivity contribution in [1.82, 2.24) is 0 Å². The Balaban J connectivity index is 2.46. The molecule has 1 N–H and O–H groups in total. The lowest BCUT2D eigenvalue weighted by Crippen LogP contribution is -2.42. The highest BCUT2D eigenvalue weighted by atomic mass is 16.5. The Labute approximate surface area is 85.5 Å². The Morgan fingerprint density at radius 1 is 1.50 bits per heavy atom. The van der Waals surface area contributed by atoms with Gasteiger partial charge in [-0.25, -0.2) is 0 Å². The summed E-state index contributed by atoms with van der Waals surface area (Å²) in [6, 6.07) is 0. The maximum atomic E-state index is 11.6.